The highest BCUT2D eigenvalue weighted by atomic mass is 32.2. The average Bonchev–Trinajstić information content (AvgIpc) is 2.46. The topological polar surface area (TPSA) is 70.5 Å². The summed E-state index contributed by atoms with van der Waals surface area (Å²) in [6, 6.07) is 8.57. The summed E-state index contributed by atoms with van der Waals surface area (Å²) in [5.41, 5.74) is 0.658. The first-order valence-corrected chi connectivity index (χ1v) is 8.05. The molecule has 0 saturated carbocycles. The lowest BCUT2D eigenvalue weighted by molar-refractivity contribution is 0.108. The highest BCUT2D eigenvalue weighted by Gasteiger charge is 2.30. The quantitative estimate of drug-likeness (QED) is 0.908. The highest BCUT2D eigenvalue weighted by molar-refractivity contribution is 7.89. The van der Waals surface area contributed by atoms with Gasteiger partial charge in [0.25, 0.3) is 0 Å². The number of sulfonamides is 1. The van der Waals surface area contributed by atoms with Crippen LogP contribution >= 0.6 is 0 Å². The van der Waals surface area contributed by atoms with Crippen molar-refractivity contribution < 1.29 is 13.5 Å². The first kappa shape index (κ1) is 13.5. The molecule has 1 N–H and O–H groups in total. The van der Waals surface area contributed by atoms with E-state index in [1.807, 2.05) is 0 Å². The molecule has 5 nitrogen and oxygen atoms in total. The Labute approximate surface area is 117 Å². The largest absolute Gasteiger partial charge is 0.392 e. The number of fused-ring (bicyclic) bond motifs is 1. The Bertz CT molecular complexity index is 725. The molecule has 2 heterocycles. The Morgan fingerprint density at radius 1 is 1.25 bits per heavy atom. The van der Waals surface area contributed by atoms with E-state index in [1.165, 1.54) is 4.31 Å². The fourth-order valence-corrected chi connectivity index (χ4v) is 4.30. The molecule has 0 aliphatic carbocycles. The van der Waals surface area contributed by atoms with Crippen LogP contribution in [0.4, 0.5) is 0 Å². The normalized spacial score (nSPS) is 21.1. The molecule has 0 amide bonds. The van der Waals surface area contributed by atoms with Gasteiger partial charge in [-0.25, -0.2) is 8.42 Å². The van der Waals surface area contributed by atoms with Gasteiger partial charge in [0, 0.05) is 24.7 Å². The van der Waals surface area contributed by atoms with Gasteiger partial charge in [-0.15, -0.1) is 0 Å². The predicted molar refractivity (Wildman–Crippen MR) is 75.7 cm³/mol. The van der Waals surface area contributed by atoms with E-state index in [2.05, 4.69) is 4.98 Å². The minimum atomic E-state index is -3.59. The molecule has 1 saturated heterocycles. The number of hydrogen-bond acceptors (Lipinski definition) is 4. The van der Waals surface area contributed by atoms with Gasteiger partial charge in [-0.1, -0.05) is 6.07 Å². The van der Waals surface area contributed by atoms with E-state index in [0.717, 1.165) is 0 Å². The number of piperidine rings is 1. The molecule has 1 aromatic heterocycles. The molecular weight excluding hydrogens is 276 g/mol. The van der Waals surface area contributed by atoms with Crippen molar-refractivity contribution in [2.24, 2.45) is 0 Å². The van der Waals surface area contributed by atoms with Gasteiger partial charge in [-0.3, -0.25) is 4.98 Å². The number of β-amino-alcohol motifs (C(OH)–C–C–N with tert-alkyl or cyclic N) is 1. The Morgan fingerprint density at radius 3 is 2.90 bits per heavy atom. The van der Waals surface area contributed by atoms with Gasteiger partial charge in [0.2, 0.25) is 10.0 Å². The van der Waals surface area contributed by atoms with Gasteiger partial charge < -0.3 is 5.11 Å². The molecular formula is C14H16N2O3S. The summed E-state index contributed by atoms with van der Waals surface area (Å²) in [6.45, 7) is 0.620. The van der Waals surface area contributed by atoms with E-state index in [-0.39, 0.29) is 11.4 Å². The van der Waals surface area contributed by atoms with Crippen molar-refractivity contribution in [2.45, 2.75) is 23.8 Å². The third kappa shape index (κ3) is 2.30. The van der Waals surface area contributed by atoms with Crippen molar-refractivity contribution in [2.75, 3.05) is 13.1 Å². The molecule has 2 aromatic rings. The van der Waals surface area contributed by atoms with Gasteiger partial charge in [-0.2, -0.15) is 4.31 Å². The van der Waals surface area contributed by atoms with Crippen molar-refractivity contribution in [3.8, 4) is 0 Å². The van der Waals surface area contributed by atoms with Crippen LogP contribution in [-0.2, 0) is 10.0 Å². The van der Waals surface area contributed by atoms with E-state index in [1.54, 1.807) is 36.5 Å². The number of aliphatic hydroxyl groups is 1. The van der Waals surface area contributed by atoms with Crippen molar-refractivity contribution in [1.29, 1.82) is 0 Å². The fourth-order valence-electron chi connectivity index (χ4n) is 2.58. The molecule has 0 spiro atoms. The molecule has 1 aromatic carbocycles. The monoisotopic (exact) mass is 292 g/mol. The van der Waals surface area contributed by atoms with Crippen LogP contribution in [-0.4, -0.2) is 42.0 Å². The van der Waals surface area contributed by atoms with Crippen LogP contribution in [0.15, 0.2) is 41.4 Å². The molecule has 106 valence electrons. The summed E-state index contributed by atoms with van der Waals surface area (Å²) in [7, 11) is -3.59. The maximum Gasteiger partial charge on any atom is 0.243 e. The smallest absolute Gasteiger partial charge is 0.243 e. The Balaban J connectivity index is 2.09. The summed E-state index contributed by atoms with van der Waals surface area (Å²) in [5.74, 6) is 0. The molecule has 6 heteroatoms. The molecule has 3 rings (SSSR count). The van der Waals surface area contributed by atoms with Crippen LogP contribution < -0.4 is 0 Å². The summed E-state index contributed by atoms with van der Waals surface area (Å²) < 4.78 is 26.8. The number of aliphatic hydroxyl groups excluding tert-OH is 1. The lowest BCUT2D eigenvalue weighted by Gasteiger charge is -2.29. The first-order chi connectivity index (χ1) is 9.59. The zero-order valence-corrected chi connectivity index (χ0v) is 11.8. The Kier molecular flexibility index (Phi) is 3.45. The number of benzene rings is 1. The average molecular weight is 292 g/mol. The second-order valence-electron chi connectivity index (χ2n) is 4.99. The molecule has 1 fully saturated rings. The maximum absolute atomic E-state index is 12.7. The Hall–Kier alpha value is -1.50. The van der Waals surface area contributed by atoms with E-state index in [0.29, 0.717) is 30.3 Å². The maximum atomic E-state index is 12.7. The van der Waals surface area contributed by atoms with E-state index in [9.17, 15) is 13.5 Å². The molecule has 0 bridgehead atoms. The first-order valence-electron chi connectivity index (χ1n) is 6.61. The second kappa shape index (κ2) is 5.12. The van der Waals surface area contributed by atoms with E-state index < -0.39 is 16.1 Å². The van der Waals surface area contributed by atoms with Gasteiger partial charge >= 0.3 is 0 Å². The molecule has 0 radical (unpaired) electrons. The minimum Gasteiger partial charge on any atom is -0.392 e. The van der Waals surface area contributed by atoms with Crippen molar-refractivity contribution in [3.63, 3.8) is 0 Å². The van der Waals surface area contributed by atoms with Gasteiger partial charge in [-0.05, 0) is 37.1 Å². The number of pyridine rings is 1. The summed E-state index contributed by atoms with van der Waals surface area (Å²) in [4.78, 5) is 4.44. The summed E-state index contributed by atoms with van der Waals surface area (Å²) in [5, 5.41) is 10.3. The second-order valence-corrected chi connectivity index (χ2v) is 6.89. The zero-order chi connectivity index (χ0) is 14.2. The highest BCUT2D eigenvalue weighted by Crippen LogP contribution is 2.26. The van der Waals surface area contributed by atoms with Gasteiger partial charge in [0.05, 0.1) is 16.5 Å². The van der Waals surface area contributed by atoms with Crippen molar-refractivity contribution >= 4 is 20.9 Å². The van der Waals surface area contributed by atoms with Crippen LogP contribution in [0, 0.1) is 0 Å². The van der Waals surface area contributed by atoms with E-state index >= 15 is 0 Å². The Morgan fingerprint density at radius 2 is 2.10 bits per heavy atom. The van der Waals surface area contributed by atoms with Crippen LogP contribution in [0.1, 0.15) is 12.8 Å². The third-order valence-electron chi connectivity index (χ3n) is 3.58. The van der Waals surface area contributed by atoms with Crippen LogP contribution in [0.3, 0.4) is 0 Å². The minimum absolute atomic E-state index is 0.166. The third-order valence-corrected chi connectivity index (χ3v) is 5.51. The lowest BCUT2D eigenvalue weighted by Crippen LogP contribution is -2.42. The standard InChI is InChI=1S/C14H16N2O3S/c17-11-4-3-9-16(10-11)20(18,19)14-7-1-6-13-12(14)5-2-8-15-13/h1-2,5-8,11,17H,3-4,9-10H2/t11-/m0/s1. The van der Waals surface area contributed by atoms with Crippen LogP contribution in [0.2, 0.25) is 0 Å². The zero-order valence-electron chi connectivity index (χ0n) is 10.9. The van der Waals surface area contributed by atoms with Crippen molar-refractivity contribution in [3.05, 3.63) is 36.5 Å². The molecule has 1 aliphatic heterocycles. The number of hydrogen-bond donors (Lipinski definition) is 1. The number of nitrogens with zero attached hydrogens (tertiary/aromatic N) is 2. The summed E-state index contributed by atoms with van der Waals surface area (Å²) >= 11 is 0. The number of rotatable bonds is 2. The predicted octanol–water partition coefficient (Wildman–Crippen LogP) is 1.38. The molecule has 20 heavy (non-hydrogen) atoms. The van der Waals surface area contributed by atoms with Crippen molar-refractivity contribution in [1.82, 2.24) is 9.29 Å². The van der Waals surface area contributed by atoms with Gasteiger partial charge in [0.1, 0.15) is 0 Å². The number of aromatic nitrogens is 1. The van der Waals surface area contributed by atoms with Crippen LogP contribution in [0.25, 0.3) is 10.9 Å². The molecule has 1 aliphatic rings. The molecule has 1 atom stereocenters. The summed E-state index contributed by atoms with van der Waals surface area (Å²) in [6.07, 6.45) is 2.40. The lowest BCUT2D eigenvalue weighted by atomic mass is 10.1. The fraction of sp³-hybridized carbons (Fsp3) is 0.357. The van der Waals surface area contributed by atoms with Gasteiger partial charge in [0.15, 0.2) is 0 Å². The molecule has 0 unspecified atom stereocenters. The SMILES string of the molecule is O=S(=O)(c1cccc2ncccc12)N1CCC[C@H](O)C1. The van der Waals surface area contributed by atoms with E-state index in [4.69, 9.17) is 0 Å². The van der Waals surface area contributed by atoms with Crippen LogP contribution in [0.5, 0.6) is 0 Å².